The molecule has 0 rings (SSSR count). The molecule has 0 fully saturated rings. The van der Waals surface area contributed by atoms with E-state index in [9.17, 15) is 4.79 Å². The third-order valence-electron chi connectivity index (χ3n) is 7.99. The number of esters is 1. The average molecular weight is 586 g/mol. The second-order valence-corrected chi connectivity index (χ2v) is 12.5. The van der Waals surface area contributed by atoms with Gasteiger partial charge in [0.25, 0.3) is 0 Å². The molecule has 0 amide bonds. The number of hydrogen-bond donors (Lipinski definition) is 0. The molecule has 0 heterocycles. The molecule has 1 atom stereocenters. The van der Waals surface area contributed by atoms with E-state index in [0.717, 1.165) is 90.0 Å². The van der Waals surface area contributed by atoms with Crippen LogP contribution in [-0.4, -0.2) is 37.6 Å². The number of ether oxygens (including phenoxy) is 1. The topological polar surface area (TPSA) is 29.5 Å². The van der Waals surface area contributed by atoms with E-state index in [2.05, 4.69) is 95.3 Å². The zero-order valence-corrected chi connectivity index (χ0v) is 29.0. The molecule has 3 heteroatoms. The lowest BCUT2D eigenvalue weighted by Gasteiger charge is -2.30. The fourth-order valence-electron chi connectivity index (χ4n) is 5.38. The molecule has 0 saturated carbocycles. The Morgan fingerprint density at radius 2 is 1.00 bits per heavy atom. The fraction of sp³-hybridized carbons (Fsp3) is 0.769. The third kappa shape index (κ3) is 26.1. The van der Waals surface area contributed by atoms with Gasteiger partial charge in [0.05, 0.1) is 0 Å². The van der Waals surface area contributed by atoms with Crippen molar-refractivity contribution in [2.45, 2.75) is 162 Å². The maximum Gasteiger partial charge on any atom is 0.306 e. The van der Waals surface area contributed by atoms with Crippen LogP contribution in [-0.2, 0) is 9.53 Å². The summed E-state index contributed by atoms with van der Waals surface area (Å²) in [5, 5.41) is 0. The van der Waals surface area contributed by atoms with Crippen LogP contribution in [0.1, 0.15) is 156 Å². The van der Waals surface area contributed by atoms with E-state index in [1.165, 1.54) is 38.5 Å². The van der Waals surface area contributed by atoms with Crippen molar-refractivity contribution in [3.63, 3.8) is 0 Å². The van der Waals surface area contributed by atoms with Crippen LogP contribution in [0.2, 0.25) is 0 Å². The van der Waals surface area contributed by atoms with E-state index in [-0.39, 0.29) is 12.1 Å². The molecule has 42 heavy (non-hydrogen) atoms. The minimum Gasteiger partial charge on any atom is -0.462 e. The first kappa shape index (κ1) is 40.4. The van der Waals surface area contributed by atoms with Crippen LogP contribution < -0.4 is 0 Å². The normalized spacial score (nSPS) is 13.4. The number of nitrogens with zero attached hydrogens (tertiary/aromatic N) is 1. The van der Waals surface area contributed by atoms with Gasteiger partial charge in [0.15, 0.2) is 0 Å². The molecule has 0 N–H and O–H groups in total. The van der Waals surface area contributed by atoms with Crippen LogP contribution in [0, 0.1) is 11.8 Å². The van der Waals surface area contributed by atoms with Crippen LogP contribution in [0.25, 0.3) is 0 Å². The smallest absolute Gasteiger partial charge is 0.306 e. The first-order valence-corrected chi connectivity index (χ1v) is 17.9. The number of unbranched alkanes of at least 4 members (excludes halogenated alkanes) is 5. The number of carbonyl (C=O) groups is 1. The maximum atomic E-state index is 13.2. The first-order chi connectivity index (χ1) is 20.5. The van der Waals surface area contributed by atoms with E-state index in [0.29, 0.717) is 18.3 Å². The van der Waals surface area contributed by atoms with Crippen molar-refractivity contribution in [2.75, 3.05) is 20.6 Å². The summed E-state index contributed by atoms with van der Waals surface area (Å²) in [7, 11) is 4.19. The summed E-state index contributed by atoms with van der Waals surface area (Å²) >= 11 is 0. The molecule has 1 unspecified atom stereocenters. The fourth-order valence-corrected chi connectivity index (χ4v) is 5.38. The van der Waals surface area contributed by atoms with Gasteiger partial charge in [-0.2, -0.15) is 0 Å². The monoisotopic (exact) mass is 586 g/mol. The lowest BCUT2D eigenvalue weighted by atomic mass is 9.83. The second kappa shape index (κ2) is 30.8. The third-order valence-corrected chi connectivity index (χ3v) is 7.99. The minimum absolute atomic E-state index is 0.00902. The highest BCUT2D eigenvalue weighted by atomic mass is 16.5. The van der Waals surface area contributed by atoms with Gasteiger partial charge >= 0.3 is 5.97 Å². The predicted octanol–water partition coefficient (Wildman–Crippen LogP) is 11.8. The van der Waals surface area contributed by atoms with Gasteiger partial charge in [0.1, 0.15) is 6.10 Å². The van der Waals surface area contributed by atoms with E-state index < -0.39 is 0 Å². The summed E-state index contributed by atoms with van der Waals surface area (Å²) in [6, 6.07) is 0. The van der Waals surface area contributed by atoms with Crippen molar-refractivity contribution in [2.24, 2.45) is 11.8 Å². The first-order valence-electron chi connectivity index (χ1n) is 17.9. The summed E-state index contributed by atoms with van der Waals surface area (Å²) in [5.74, 6) is 0.987. The largest absolute Gasteiger partial charge is 0.462 e. The van der Waals surface area contributed by atoms with Gasteiger partial charge < -0.3 is 9.64 Å². The van der Waals surface area contributed by atoms with Crippen LogP contribution in [0.5, 0.6) is 0 Å². The van der Waals surface area contributed by atoms with Crippen molar-refractivity contribution < 1.29 is 9.53 Å². The molecule has 0 aromatic carbocycles. The molecule has 0 aliphatic heterocycles. The Labute approximate surface area is 263 Å². The Kier molecular flexibility index (Phi) is 29.7. The zero-order chi connectivity index (χ0) is 31.1. The molecule has 0 aliphatic rings. The van der Waals surface area contributed by atoms with Crippen LogP contribution in [0.15, 0.2) is 48.6 Å². The van der Waals surface area contributed by atoms with E-state index >= 15 is 0 Å². The van der Waals surface area contributed by atoms with Gasteiger partial charge in [-0.3, -0.25) is 4.79 Å². The number of rotatable bonds is 29. The summed E-state index contributed by atoms with van der Waals surface area (Å²) < 4.78 is 6.46. The lowest BCUT2D eigenvalue weighted by molar-refractivity contribution is -0.153. The van der Waals surface area contributed by atoms with Gasteiger partial charge in [-0.05, 0) is 129 Å². The second-order valence-electron chi connectivity index (χ2n) is 12.5. The van der Waals surface area contributed by atoms with E-state index in [1.54, 1.807) is 0 Å². The molecule has 0 aromatic rings. The molecule has 244 valence electrons. The minimum atomic E-state index is 0.00902. The molecule has 0 aliphatic carbocycles. The summed E-state index contributed by atoms with van der Waals surface area (Å²) in [4.78, 5) is 15.4. The highest BCUT2D eigenvalue weighted by Gasteiger charge is 2.27. The van der Waals surface area contributed by atoms with Crippen molar-refractivity contribution in [1.82, 2.24) is 4.90 Å². The molecular weight excluding hydrogens is 514 g/mol. The Balaban J connectivity index is 5.77. The molecule has 0 spiro atoms. The standard InChI is InChI=1S/C39H71NO2/c1-7-11-15-19-23-29-36(30-24-20-16-12-8-2)35-38(42-39(41)33-27-28-34-40(5)6)37(31-25-21-17-13-9-3)32-26-22-18-14-10-4/h15-22,36-38H,7-14,23-35H2,1-6H3/b19-15-,20-16-,21-17-,22-18-. The van der Waals surface area contributed by atoms with Gasteiger partial charge in [-0.15, -0.1) is 0 Å². The average Bonchev–Trinajstić information content (AvgIpc) is 2.97. The summed E-state index contributed by atoms with van der Waals surface area (Å²) in [6.45, 7) is 9.97. The van der Waals surface area contributed by atoms with Crippen molar-refractivity contribution >= 4 is 5.97 Å². The van der Waals surface area contributed by atoms with E-state index in [4.69, 9.17) is 4.74 Å². The van der Waals surface area contributed by atoms with E-state index in [1.807, 2.05) is 0 Å². The molecule has 0 bridgehead atoms. The number of hydrogen-bond acceptors (Lipinski definition) is 3. The highest BCUT2D eigenvalue weighted by molar-refractivity contribution is 5.69. The molecule has 3 nitrogen and oxygen atoms in total. The Bertz CT molecular complexity index is 665. The zero-order valence-electron chi connectivity index (χ0n) is 29.0. The molecule has 0 radical (unpaired) electrons. The number of carbonyl (C=O) groups excluding carboxylic acids is 1. The predicted molar refractivity (Wildman–Crippen MR) is 187 cm³/mol. The molecular formula is C39H71NO2. The summed E-state index contributed by atoms with van der Waals surface area (Å²) in [6.07, 6.45) is 40.7. The quantitative estimate of drug-likeness (QED) is 0.0497. The van der Waals surface area contributed by atoms with Gasteiger partial charge in [0, 0.05) is 6.42 Å². The Hall–Kier alpha value is -1.61. The van der Waals surface area contributed by atoms with Gasteiger partial charge in [-0.25, -0.2) is 0 Å². The van der Waals surface area contributed by atoms with Gasteiger partial charge in [-0.1, -0.05) is 102 Å². The SMILES string of the molecule is CCC/C=C\CCC(CC/C=C\CCC)CC(OC(=O)CCCCN(C)C)C(CC/C=C\CCC)CC/C=C\CCC. The Morgan fingerprint density at radius 3 is 1.40 bits per heavy atom. The van der Waals surface area contributed by atoms with Crippen molar-refractivity contribution in [1.29, 1.82) is 0 Å². The lowest BCUT2D eigenvalue weighted by Crippen LogP contribution is -2.30. The molecule has 0 aromatic heterocycles. The maximum absolute atomic E-state index is 13.2. The highest BCUT2D eigenvalue weighted by Crippen LogP contribution is 2.31. The molecule has 0 saturated heterocycles. The van der Waals surface area contributed by atoms with Crippen LogP contribution in [0.4, 0.5) is 0 Å². The van der Waals surface area contributed by atoms with Crippen molar-refractivity contribution in [3.8, 4) is 0 Å². The Morgan fingerprint density at radius 1 is 0.595 bits per heavy atom. The van der Waals surface area contributed by atoms with Crippen molar-refractivity contribution in [3.05, 3.63) is 48.6 Å². The van der Waals surface area contributed by atoms with Crippen LogP contribution >= 0.6 is 0 Å². The van der Waals surface area contributed by atoms with Gasteiger partial charge in [0.2, 0.25) is 0 Å². The number of allylic oxidation sites excluding steroid dienone is 8. The van der Waals surface area contributed by atoms with Crippen LogP contribution in [0.3, 0.4) is 0 Å². The summed E-state index contributed by atoms with van der Waals surface area (Å²) in [5.41, 5.74) is 0.